The zero-order valence-corrected chi connectivity index (χ0v) is 32.6. The summed E-state index contributed by atoms with van der Waals surface area (Å²) < 4.78 is 11.6. The molecule has 58 heavy (non-hydrogen) atoms. The van der Waals surface area contributed by atoms with Gasteiger partial charge in [-0.15, -0.1) is 0 Å². The average molecular weight is 782 g/mol. The SMILES string of the molecule is O=C([O-])CC(Cc1ccc(OCCCNc2cccc[nH+]2)cc1)c1ccccc1.O=C([O-])CN(Cc1ccc(OCCCNc2cccc[nH+]2)cc1)c1ccccc1. The normalized spacial score (nSPS) is 11.0. The van der Waals surface area contributed by atoms with E-state index in [0.29, 0.717) is 26.2 Å². The van der Waals surface area contributed by atoms with Crippen molar-refractivity contribution in [2.45, 2.75) is 38.1 Å². The van der Waals surface area contributed by atoms with E-state index in [2.05, 4.69) is 20.6 Å². The number of carbonyl (C=O) groups is 2. The molecule has 0 saturated heterocycles. The van der Waals surface area contributed by atoms with Crippen LogP contribution in [0.2, 0.25) is 0 Å². The minimum Gasteiger partial charge on any atom is -0.550 e. The molecule has 1 unspecified atom stereocenters. The molecule has 11 heteroatoms. The third-order valence-electron chi connectivity index (χ3n) is 9.06. The van der Waals surface area contributed by atoms with E-state index in [0.717, 1.165) is 71.4 Å². The first kappa shape index (κ1) is 42.3. The number of rotatable bonds is 22. The van der Waals surface area contributed by atoms with Gasteiger partial charge in [-0.25, -0.2) is 9.97 Å². The first-order valence-electron chi connectivity index (χ1n) is 19.5. The molecule has 4 N–H and O–H groups in total. The van der Waals surface area contributed by atoms with Crippen molar-refractivity contribution in [1.29, 1.82) is 0 Å². The van der Waals surface area contributed by atoms with Gasteiger partial charge in [0.1, 0.15) is 11.5 Å². The number of carboxylic acids is 2. The number of anilines is 3. The lowest BCUT2D eigenvalue weighted by atomic mass is 9.89. The summed E-state index contributed by atoms with van der Waals surface area (Å²) >= 11 is 0. The van der Waals surface area contributed by atoms with E-state index in [-0.39, 0.29) is 18.9 Å². The van der Waals surface area contributed by atoms with Crippen molar-refractivity contribution in [1.82, 2.24) is 0 Å². The van der Waals surface area contributed by atoms with Crippen molar-refractivity contribution < 1.29 is 39.2 Å². The molecule has 0 radical (unpaired) electrons. The number of H-pyrrole nitrogens is 2. The van der Waals surface area contributed by atoms with Crippen molar-refractivity contribution in [2.24, 2.45) is 0 Å². The Bertz CT molecular complexity index is 1890. The van der Waals surface area contributed by atoms with E-state index in [1.165, 1.54) is 0 Å². The second-order valence-corrected chi connectivity index (χ2v) is 13.5. The van der Waals surface area contributed by atoms with Gasteiger partial charge in [-0.05, 0) is 84.0 Å². The highest BCUT2D eigenvalue weighted by atomic mass is 16.5. The van der Waals surface area contributed by atoms with Gasteiger partial charge >= 0.3 is 0 Å². The van der Waals surface area contributed by atoms with Crippen molar-refractivity contribution in [3.63, 3.8) is 0 Å². The average Bonchev–Trinajstić information content (AvgIpc) is 3.25. The zero-order chi connectivity index (χ0) is 40.6. The van der Waals surface area contributed by atoms with Crippen LogP contribution in [0.3, 0.4) is 0 Å². The predicted molar refractivity (Wildman–Crippen MR) is 221 cm³/mol. The highest BCUT2D eigenvalue weighted by Crippen LogP contribution is 2.25. The minimum atomic E-state index is -1.10. The van der Waals surface area contributed by atoms with Crippen LogP contribution in [0, 0.1) is 0 Å². The highest BCUT2D eigenvalue weighted by Gasteiger charge is 2.13. The molecule has 0 spiro atoms. The Morgan fingerprint density at radius 2 is 1.09 bits per heavy atom. The smallest absolute Gasteiger partial charge is 0.272 e. The van der Waals surface area contributed by atoms with Gasteiger partial charge in [0.05, 0.1) is 51.2 Å². The lowest BCUT2D eigenvalue weighted by Crippen LogP contribution is -2.37. The summed E-state index contributed by atoms with van der Waals surface area (Å²) in [5.74, 6) is 1.35. The van der Waals surface area contributed by atoms with Gasteiger partial charge < -0.3 is 34.2 Å². The van der Waals surface area contributed by atoms with Crippen molar-refractivity contribution in [3.8, 4) is 11.5 Å². The van der Waals surface area contributed by atoms with Gasteiger partial charge in [0, 0.05) is 43.2 Å². The number of aromatic amines is 2. The Balaban J connectivity index is 0.000000221. The summed E-state index contributed by atoms with van der Waals surface area (Å²) in [6.45, 7) is 3.19. The summed E-state index contributed by atoms with van der Waals surface area (Å²) in [5.41, 5.74) is 3.94. The van der Waals surface area contributed by atoms with Crippen LogP contribution in [-0.2, 0) is 22.6 Å². The molecular formula is C47H51N5O6. The number of para-hydroxylation sites is 1. The summed E-state index contributed by atoms with van der Waals surface area (Å²) in [5, 5.41) is 28.9. The third kappa shape index (κ3) is 15.7. The fourth-order valence-electron chi connectivity index (χ4n) is 6.16. The number of pyridine rings is 2. The molecule has 6 rings (SSSR count). The number of nitrogens with zero attached hydrogens (tertiary/aromatic N) is 1. The maximum Gasteiger partial charge on any atom is 0.272 e. The molecule has 11 nitrogen and oxygen atoms in total. The Morgan fingerprint density at radius 1 is 0.586 bits per heavy atom. The van der Waals surface area contributed by atoms with Crippen LogP contribution >= 0.6 is 0 Å². The molecule has 6 aromatic rings. The highest BCUT2D eigenvalue weighted by molar-refractivity contribution is 5.71. The van der Waals surface area contributed by atoms with E-state index in [4.69, 9.17) is 9.47 Å². The maximum absolute atomic E-state index is 11.2. The number of ether oxygens (including phenoxy) is 2. The first-order valence-corrected chi connectivity index (χ1v) is 19.5. The van der Waals surface area contributed by atoms with E-state index in [9.17, 15) is 19.8 Å². The van der Waals surface area contributed by atoms with Crippen LogP contribution in [0.1, 0.15) is 41.9 Å². The van der Waals surface area contributed by atoms with Crippen LogP contribution in [0.4, 0.5) is 17.3 Å². The van der Waals surface area contributed by atoms with Gasteiger partial charge in [-0.1, -0.05) is 84.9 Å². The number of aromatic nitrogens is 2. The summed E-state index contributed by atoms with van der Waals surface area (Å²) in [7, 11) is 0. The van der Waals surface area contributed by atoms with Gasteiger partial charge in [0.2, 0.25) is 0 Å². The predicted octanol–water partition coefficient (Wildman–Crippen LogP) is 4.99. The quantitative estimate of drug-likeness (QED) is 0.0908. The van der Waals surface area contributed by atoms with E-state index >= 15 is 0 Å². The molecular weight excluding hydrogens is 731 g/mol. The summed E-state index contributed by atoms with van der Waals surface area (Å²) in [6.07, 6.45) is 6.18. The molecule has 1 atom stereocenters. The van der Waals surface area contributed by atoms with Crippen molar-refractivity contribution in [3.05, 3.63) is 175 Å². The van der Waals surface area contributed by atoms with Gasteiger partial charge in [-0.2, -0.15) is 0 Å². The van der Waals surface area contributed by atoms with Crippen molar-refractivity contribution >= 4 is 29.3 Å². The van der Waals surface area contributed by atoms with Gasteiger partial charge in [0.25, 0.3) is 11.6 Å². The molecule has 0 bridgehead atoms. The molecule has 2 heterocycles. The van der Waals surface area contributed by atoms with Crippen LogP contribution in [0.5, 0.6) is 11.5 Å². The largest absolute Gasteiger partial charge is 0.550 e. The number of nitrogens with one attached hydrogen (secondary N) is 4. The number of carbonyl (C=O) groups excluding carboxylic acids is 2. The van der Waals surface area contributed by atoms with E-state index < -0.39 is 11.9 Å². The van der Waals surface area contributed by atoms with Gasteiger partial charge in [0.15, 0.2) is 0 Å². The molecule has 0 saturated carbocycles. The number of carboxylic acid groups (broad SMARTS) is 2. The van der Waals surface area contributed by atoms with E-state index in [1.807, 2.05) is 158 Å². The third-order valence-corrected chi connectivity index (χ3v) is 9.06. The molecule has 2 aromatic heterocycles. The Hall–Kier alpha value is -6.88. The number of benzene rings is 4. The zero-order valence-electron chi connectivity index (χ0n) is 32.6. The molecule has 0 amide bonds. The van der Waals surface area contributed by atoms with E-state index in [1.54, 1.807) is 4.90 Å². The number of aliphatic carboxylic acids is 2. The fourth-order valence-corrected chi connectivity index (χ4v) is 6.16. The Labute approximate surface area is 340 Å². The summed E-state index contributed by atoms with van der Waals surface area (Å²) in [4.78, 5) is 30.3. The van der Waals surface area contributed by atoms with Gasteiger partial charge in [-0.3, -0.25) is 10.6 Å². The second-order valence-electron chi connectivity index (χ2n) is 13.5. The molecule has 0 aliphatic heterocycles. The molecule has 300 valence electrons. The lowest BCUT2D eigenvalue weighted by molar-refractivity contribution is -0.361. The monoisotopic (exact) mass is 781 g/mol. The first-order chi connectivity index (χ1) is 28.4. The fraction of sp³-hybridized carbons (Fsp3) is 0.234. The van der Waals surface area contributed by atoms with Crippen LogP contribution in [0.25, 0.3) is 0 Å². The maximum atomic E-state index is 11.2. The topological polar surface area (TPSA) is 154 Å². The molecule has 4 aromatic carbocycles. The van der Waals surface area contributed by atoms with Crippen LogP contribution in [-0.4, -0.2) is 44.8 Å². The Morgan fingerprint density at radius 3 is 1.57 bits per heavy atom. The van der Waals surface area contributed by atoms with Crippen LogP contribution < -0.4 is 45.2 Å². The standard InChI is InChI=1S/C24H26N2O3.C23H25N3O3/c27-24(28)18-21(20-7-2-1-3-8-20)17-19-10-12-22(13-11-19)29-16-6-15-26-23-9-4-5-14-25-23;27-23(28)18-26(20-7-2-1-3-8-20)17-19-10-12-21(13-11-19)29-16-6-15-25-22-9-4-5-14-24-22/h1-5,7-14,21H,6,15-18H2,(H,25,26)(H,27,28);1-5,7-14H,6,15-18H2,(H,24,25)(H,27,28). The molecule has 0 aliphatic rings. The second kappa shape index (κ2) is 23.9. The molecule has 0 fully saturated rings. The molecule has 0 aliphatic carbocycles. The van der Waals surface area contributed by atoms with Crippen molar-refractivity contribution in [2.75, 3.05) is 48.4 Å². The number of hydrogen-bond acceptors (Lipinski definition) is 9. The number of hydrogen-bond donors (Lipinski definition) is 2. The Kier molecular flexibility index (Phi) is 17.4. The minimum absolute atomic E-state index is 0.00804. The summed E-state index contributed by atoms with van der Waals surface area (Å²) in [6, 6.07) is 46.6. The van der Waals surface area contributed by atoms with Crippen LogP contribution in [0.15, 0.2) is 158 Å². The lowest BCUT2D eigenvalue weighted by Gasteiger charge is -2.25.